The summed E-state index contributed by atoms with van der Waals surface area (Å²) in [4.78, 5) is 35.4. The fourth-order valence-corrected chi connectivity index (χ4v) is 3.16. The van der Waals surface area contributed by atoms with Crippen LogP contribution < -0.4 is 5.32 Å². The van der Waals surface area contributed by atoms with E-state index in [1.54, 1.807) is 22.9 Å². The average molecular weight is 320 g/mol. The number of carboxylic acids is 1. The zero-order valence-corrected chi connectivity index (χ0v) is 12.2. The molecule has 122 valence electrons. The maximum Gasteiger partial charge on any atom is 0.322 e. The molecule has 1 aromatic heterocycles. The maximum absolute atomic E-state index is 12.5. The highest BCUT2D eigenvalue weighted by atomic mass is 16.5. The Balaban J connectivity index is 2.06. The second kappa shape index (κ2) is 5.54. The molecule has 1 amide bonds. The van der Waals surface area contributed by atoms with Crippen molar-refractivity contribution in [1.29, 1.82) is 0 Å². The Morgan fingerprint density at radius 1 is 1.35 bits per heavy atom. The molecule has 2 aliphatic rings. The molecule has 0 aromatic carbocycles. The Morgan fingerprint density at radius 3 is 2.70 bits per heavy atom. The van der Waals surface area contributed by atoms with Gasteiger partial charge in [-0.3, -0.25) is 14.4 Å². The largest absolute Gasteiger partial charge is 0.509 e. The predicted molar refractivity (Wildman–Crippen MR) is 77.1 cm³/mol. The standard InChI is InChI=1S/C15H16N2O6/c18-10(19)8-16-14(22)11-12(20)9-2-1-5-17(9)15(13(11)21)3-6-23-7-4-15/h1-2,5,21H,3-4,6-8H2,(H,16,22)(H,18,19). The number of aliphatic hydroxyl groups excluding tert-OH is 1. The molecule has 23 heavy (non-hydrogen) atoms. The number of hydrogen-bond acceptors (Lipinski definition) is 5. The van der Waals surface area contributed by atoms with Crippen molar-refractivity contribution < 1.29 is 29.3 Å². The first-order valence-corrected chi connectivity index (χ1v) is 7.21. The van der Waals surface area contributed by atoms with Gasteiger partial charge in [0.1, 0.15) is 23.4 Å². The van der Waals surface area contributed by atoms with Crippen LogP contribution in [0.3, 0.4) is 0 Å². The zero-order valence-electron chi connectivity index (χ0n) is 12.2. The van der Waals surface area contributed by atoms with E-state index in [2.05, 4.69) is 5.32 Å². The summed E-state index contributed by atoms with van der Waals surface area (Å²) in [5.41, 5.74) is -0.995. The summed E-state index contributed by atoms with van der Waals surface area (Å²) in [6, 6.07) is 3.26. The van der Waals surface area contributed by atoms with Crippen molar-refractivity contribution >= 4 is 17.7 Å². The number of hydrogen-bond donors (Lipinski definition) is 3. The fourth-order valence-electron chi connectivity index (χ4n) is 3.16. The van der Waals surface area contributed by atoms with Crippen molar-refractivity contribution in [2.45, 2.75) is 18.4 Å². The second-order valence-electron chi connectivity index (χ2n) is 5.54. The van der Waals surface area contributed by atoms with Gasteiger partial charge < -0.3 is 24.8 Å². The van der Waals surface area contributed by atoms with Gasteiger partial charge in [-0.25, -0.2) is 0 Å². The van der Waals surface area contributed by atoms with Gasteiger partial charge in [0.2, 0.25) is 5.78 Å². The van der Waals surface area contributed by atoms with E-state index in [9.17, 15) is 19.5 Å². The molecule has 3 N–H and O–H groups in total. The van der Waals surface area contributed by atoms with Crippen LogP contribution in [0.1, 0.15) is 23.3 Å². The van der Waals surface area contributed by atoms with Gasteiger partial charge in [-0.1, -0.05) is 0 Å². The quantitative estimate of drug-likeness (QED) is 0.685. The highest BCUT2D eigenvalue weighted by Crippen LogP contribution is 2.41. The molecule has 1 aromatic rings. The number of aromatic nitrogens is 1. The Kier molecular flexibility index (Phi) is 3.69. The van der Waals surface area contributed by atoms with E-state index in [0.717, 1.165) is 0 Å². The number of ether oxygens (including phenoxy) is 1. The van der Waals surface area contributed by atoms with Crippen LogP contribution in [0, 0.1) is 0 Å². The number of Topliss-reactive ketones (excluding diaryl/α,β-unsaturated/α-hetero) is 1. The van der Waals surface area contributed by atoms with Gasteiger partial charge >= 0.3 is 5.97 Å². The molecule has 0 atom stereocenters. The Hall–Kier alpha value is -2.61. The van der Waals surface area contributed by atoms with Crippen molar-refractivity contribution in [3.63, 3.8) is 0 Å². The average Bonchev–Trinajstić information content (AvgIpc) is 3.03. The van der Waals surface area contributed by atoms with Gasteiger partial charge in [0.15, 0.2) is 0 Å². The molecule has 2 aliphatic heterocycles. The molecule has 3 rings (SSSR count). The van der Waals surface area contributed by atoms with Crippen LogP contribution in [0.2, 0.25) is 0 Å². The van der Waals surface area contributed by atoms with Crippen LogP contribution in [-0.4, -0.2) is 52.2 Å². The SMILES string of the molecule is O=C(O)CNC(=O)C1=C(O)C2(CCOCC2)n2cccc2C1=O. The maximum atomic E-state index is 12.5. The minimum absolute atomic E-state index is 0.296. The van der Waals surface area contributed by atoms with Gasteiger partial charge in [-0.15, -0.1) is 0 Å². The van der Waals surface area contributed by atoms with Crippen LogP contribution in [0.5, 0.6) is 0 Å². The third-order valence-corrected chi connectivity index (χ3v) is 4.29. The minimum Gasteiger partial charge on any atom is -0.509 e. The summed E-state index contributed by atoms with van der Waals surface area (Å²) in [6.07, 6.45) is 2.54. The van der Waals surface area contributed by atoms with E-state index in [-0.39, 0.29) is 11.3 Å². The van der Waals surface area contributed by atoms with Gasteiger partial charge in [-0.2, -0.15) is 0 Å². The normalized spacial score (nSPS) is 19.6. The number of ketones is 1. The summed E-state index contributed by atoms with van der Waals surface area (Å²) in [6.45, 7) is 0.153. The number of allylic oxidation sites excluding steroid dienone is 1. The molecular weight excluding hydrogens is 304 g/mol. The number of rotatable bonds is 3. The Labute approximate surface area is 131 Å². The van der Waals surface area contributed by atoms with Gasteiger partial charge in [0.05, 0.1) is 5.69 Å². The summed E-state index contributed by atoms with van der Waals surface area (Å²) < 4.78 is 7.01. The second-order valence-corrected chi connectivity index (χ2v) is 5.54. The van der Waals surface area contributed by atoms with Gasteiger partial charge in [0.25, 0.3) is 5.91 Å². The van der Waals surface area contributed by atoms with Crippen LogP contribution in [0.15, 0.2) is 29.7 Å². The van der Waals surface area contributed by atoms with E-state index in [0.29, 0.717) is 31.7 Å². The molecule has 8 nitrogen and oxygen atoms in total. The fraction of sp³-hybridized carbons (Fsp3) is 0.400. The molecule has 1 spiro atoms. The summed E-state index contributed by atoms with van der Waals surface area (Å²) in [5.74, 6) is -3.05. The minimum atomic E-state index is -1.23. The third kappa shape index (κ3) is 2.31. The number of carbonyl (C=O) groups is 3. The lowest BCUT2D eigenvalue weighted by molar-refractivity contribution is -0.137. The number of aliphatic carboxylic acids is 1. The van der Waals surface area contributed by atoms with Crippen LogP contribution in [0.4, 0.5) is 0 Å². The van der Waals surface area contributed by atoms with Crippen molar-refractivity contribution in [1.82, 2.24) is 9.88 Å². The van der Waals surface area contributed by atoms with Crippen LogP contribution >= 0.6 is 0 Å². The molecule has 8 heteroatoms. The number of carboxylic acid groups (broad SMARTS) is 1. The first-order chi connectivity index (χ1) is 11.0. The smallest absolute Gasteiger partial charge is 0.322 e. The lowest BCUT2D eigenvalue weighted by Gasteiger charge is -2.42. The number of fused-ring (bicyclic) bond motifs is 2. The first kappa shape index (κ1) is 15.3. The van der Waals surface area contributed by atoms with Gasteiger partial charge in [-0.05, 0) is 12.1 Å². The summed E-state index contributed by atoms with van der Waals surface area (Å²) >= 11 is 0. The highest BCUT2D eigenvalue weighted by molar-refractivity contribution is 6.26. The number of amides is 1. The molecule has 0 radical (unpaired) electrons. The van der Waals surface area contributed by atoms with Crippen molar-refractivity contribution in [2.75, 3.05) is 19.8 Å². The van der Waals surface area contributed by atoms with E-state index >= 15 is 0 Å². The number of aliphatic hydroxyl groups is 1. The molecule has 1 saturated heterocycles. The van der Waals surface area contributed by atoms with Crippen LogP contribution in [-0.2, 0) is 19.9 Å². The predicted octanol–water partition coefficient (Wildman–Crippen LogP) is 0.203. The van der Waals surface area contributed by atoms with E-state index < -0.39 is 29.7 Å². The summed E-state index contributed by atoms with van der Waals surface area (Å²) in [7, 11) is 0. The Bertz CT molecular complexity index is 711. The number of nitrogens with zero attached hydrogens (tertiary/aromatic N) is 1. The first-order valence-electron chi connectivity index (χ1n) is 7.21. The number of nitrogens with one attached hydrogen (secondary N) is 1. The van der Waals surface area contributed by atoms with Crippen molar-refractivity contribution in [3.8, 4) is 0 Å². The monoisotopic (exact) mass is 320 g/mol. The molecule has 1 fully saturated rings. The van der Waals surface area contributed by atoms with Crippen molar-refractivity contribution in [2.24, 2.45) is 0 Å². The van der Waals surface area contributed by atoms with E-state index in [1.165, 1.54) is 0 Å². The lowest BCUT2D eigenvalue weighted by atomic mass is 9.81. The molecule has 0 aliphatic carbocycles. The molecule has 0 unspecified atom stereocenters. The van der Waals surface area contributed by atoms with E-state index in [4.69, 9.17) is 9.84 Å². The zero-order chi connectivity index (χ0) is 16.6. The Morgan fingerprint density at radius 2 is 2.04 bits per heavy atom. The van der Waals surface area contributed by atoms with E-state index in [1.807, 2.05) is 0 Å². The topological polar surface area (TPSA) is 118 Å². The lowest BCUT2D eigenvalue weighted by Crippen LogP contribution is -2.48. The highest BCUT2D eigenvalue weighted by Gasteiger charge is 2.48. The molecule has 0 bridgehead atoms. The van der Waals surface area contributed by atoms with Gasteiger partial charge in [0, 0.05) is 32.3 Å². The molecule has 0 saturated carbocycles. The molecule has 3 heterocycles. The summed E-state index contributed by atoms with van der Waals surface area (Å²) in [5, 5.41) is 21.5. The molecular formula is C15H16N2O6. The van der Waals surface area contributed by atoms with Crippen LogP contribution in [0.25, 0.3) is 0 Å². The van der Waals surface area contributed by atoms with Crippen molar-refractivity contribution in [3.05, 3.63) is 35.4 Å². The number of carbonyl (C=O) groups excluding carboxylic acids is 2. The third-order valence-electron chi connectivity index (χ3n) is 4.29.